The van der Waals surface area contributed by atoms with Gasteiger partial charge in [0.25, 0.3) is 0 Å². The lowest BCUT2D eigenvalue weighted by Gasteiger charge is -2.33. The highest BCUT2D eigenvalue weighted by molar-refractivity contribution is 6.16. The lowest BCUT2D eigenvalue weighted by Crippen LogP contribution is -2.50. The van der Waals surface area contributed by atoms with E-state index in [1.54, 1.807) is 18.1 Å². The first-order valence-electron chi connectivity index (χ1n) is 8.00. The van der Waals surface area contributed by atoms with E-state index in [0.29, 0.717) is 11.3 Å². The van der Waals surface area contributed by atoms with Gasteiger partial charge in [-0.25, -0.2) is 5.06 Å². The van der Waals surface area contributed by atoms with E-state index < -0.39 is 17.4 Å². The number of ether oxygens (including phenoxy) is 1. The summed E-state index contributed by atoms with van der Waals surface area (Å²) in [4.78, 5) is 31.8. The Hall–Kier alpha value is -2.66. The fraction of sp³-hybridized carbons (Fsp3) is 0.263. The number of para-hydroxylation sites is 1. The van der Waals surface area contributed by atoms with Crippen LogP contribution in [0.5, 0.6) is 0 Å². The molecule has 122 valence electrons. The van der Waals surface area contributed by atoms with E-state index in [2.05, 4.69) is 0 Å². The molecule has 0 unspecified atom stereocenters. The van der Waals surface area contributed by atoms with Crippen LogP contribution in [0.3, 0.4) is 0 Å². The standard InChI is InChI=1S/C19H17NO4/c1-2-23-18(22)15-12-24-20-16-11-7-6-10-14(16)17(21)19(15,20)13-8-4-3-5-9-13/h3-11,15H,2,12H2,1H3/t15-,19+/m1/s1. The zero-order valence-corrected chi connectivity index (χ0v) is 13.3. The lowest BCUT2D eigenvalue weighted by atomic mass is 9.76. The molecule has 0 radical (unpaired) electrons. The van der Waals surface area contributed by atoms with Crippen molar-refractivity contribution in [2.24, 2.45) is 5.92 Å². The van der Waals surface area contributed by atoms with Crippen molar-refractivity contribution in [2.75, 3.05) is 18.3 Å². The predicted octanol–water partition coefficient (Wildman–Crippen LogP) is 2.71. The van der Waals surface area contributed by atoms with Gasteiger partial charge in [0.1, 0.15) is 5.92 Å². The number of nitrogens with zero attached hydrogens (tertiary/aromatic N) is 1. The summed E-state index contributed by atoms with van der Waals surface area (Å²) in [6, 6.07) is 16.6. The van der Waals surface area contributed by atoms with Gasteiger partial charge in [-0.05, 0) is 24.6 Å². The van der Waals surface area contributed by atoms with Crippen molar-refractivity contribution in [3.63, 3.8) is 0 Å². The number of carbonyl (C=O) groups excluding carboxylic acids is 2. The quantitative estimate of drug-likeness (QED) is 0.813. The van der Waals surface area contributed by atoms with Crippen LogP contribution in [0, 0.1) is 5.92 Å². The molecule has 2 aliphatic heterocycles. The van der Waals surface area contributed by atoms with Crippen molar-refractivity contribution in [3.8, 4) is 0 Å². The van der Waals surface area contributed by atoms with Crippen LogP contribution in [0.15, 0.2) is 54.6 Å². The molecule has 0 N–H and O–H groups in total. The van der Waals surface area contributed by atoms with Crippen LogP contribution < -0.4 is 5.06 Å². The maximum atomic E-state index is 13.4. The number of Topliss-reactive ketones (excluding diaryl/α,β-unsaturated/α-hetero) is 1. The van der Waals surface area contributed by atoms with E-state index in [-0.39, 0.29) is 19.0 Å². The van der Waals surface area contributed by atoms with E-state index in [4.69, 9.17) is 9.57 Å². The Morgan fingerprint density at radius 1 is 1.21 bits per heavy atom. The van der Waals surface area contributed by atoms with Crippen LogP contribution in [0.4, 0.5) is 5.69 Å². The summed E-state index contributed by atoms with van der Waals surface area (Å²) in [6.45, 7) is 2.14. The number of fused-ring (bicyclic) bond motifs is 3. The predicted molar refractivity (Wildman–Crippen MR) is 87.4 cm³/mol. The molecule has 2 atom stereocenters. The Balaban J connectivity index is 1.94. The van der Waals surface area contributed by atoms with Gasteiger partial charge in [-0.15, -0.1) is 0 Å². The minimum absolute atomic E-state index is 0.119. The molecule has 5 heteroatoms. The summed E-state index contributed by atoms with van der Waals surface area (Å²) in [5.41, 5.74) is 0.798. The first kappa shape index (κ1) is 14.9. The van der Waals surface area contributed by atoms with Gasteiger partial charge in [0.2, 0.25) is 0 Å². The minimum atomic E-state index is -1.20. The number of carbonyl (C=O) groups is 2. The van der Waals surface area contributed by atoms with Gasteiger partial charge in [0, 0.05) is 5.56 Å². The van der Waals surface area contributed by atoms with Crippen molar-refractivity contribution >= 4 is 17.4 Å². The molecule has 2 heterocycles. The summed E-state index contributed by atoms with van der Waals surface area (Å²) in [7, 11) is 0. The maximum Gasteiger partial charge on any atom is 0.314 e. The zero-order chi connectivity index (χ0) is 16.7. The number of hydroxylamine groups is 1. The fourth-order valence-corrected chi connectivity index (χ4v) is 3.69. The van der Waals surface area contributed by atoms with Crippen LogP contribution >= 0.6 is 0 Å². The topological polar surface area (TPSA) is 55.8 Å². The van der Waals surface area contributed by atoms with E-state index in [1.165, 1.54) is 0 Å². The maximum absolute atomic E-state index is 13.4. The molecule has 4 rings (SSSR count). The normalized spacial score (nSPS) is 24.6. The van der Waals surface area contributed by atoms with E-state index in [0.717, 1.165) is 5.56 Å². The summed E-state index contributed by atoms with van der Waals surface area (Å²) in [6.07, 6.45) is 0. The van der Waals surface area contributed by atoms with Crippen LogP contribution in [-0.2, 0) is 19.9 Å². The second kappa shape index (κ2) is 5.46. The number of anilines is 1. The van der Waals surface area contributed by atoms with Gasteiger partial charge in [-0.1, -0.05) is 42.5 Å². The molecule has 2 aromatic carbocycles. The third-order valence-electron chi connectivity index (χ3n) is 4.69. The molecule has 2 aliphatic rings. The van der Waals surface area contributed by atoms with Crippen LogP contribution in [0.25, 0.3) is 0 Å². The van der Waals surface area contributed by atoms with Crippen molar-refractivity contribution in [1.82, 2.24) is 0 Å². The van der Waals surface area contributed by atoms with Crippen molar-refractivity contribution in [1.29, 1.82) is 0 Å². The van der Waals surface area contributed by atoms with Crippen LogP contribution in [0.1, 0.15) is 22.8 Å². The number of hydrogen-bond donors (Lipinski definition) is 0. The monoisotopic (exact) mass is 323 g/mol. The Morgan fingerprint density at radius 3 is 2.67 bits per heavy atom. The van der Waals surface area contributed by atoms with Gasteiger partial charge in [0.05, 0.1) is 18.9 Å². The summed E-state index contributed by atoms with van der Waals surface area (Å²) < 4.78 is 5.23. The fourth-order valence-electron chi connectivity index (χ4n) is 3.69. The molecule has 0 aliphatic carbocycles. The summed E-state index contributed by atoms with van der Waals surface area (Å²) in [5.74, 6) is -1.25. The number of hydrogen-bond acceptors (Lipinski definition) is 5. The highest BCUT2D eigenvalue weighted by Gasteiger charge is 2.65. The van der Waals surface area contributed by atoms with Crippen molar-refractivity contribution in [3.05, 3.63) is 65.7 Å². The molecule has 0 spiro atoms. The highest BCUT2D eigenvalue weighted by Crippen LogP contribution is 2.53. The van der Waals surface area contributed by atoms with E-state index in [1.807, 2.05) is 48.5 Å². The molecule has 1 saturated heterocycles. The van der Waals surface area contributed by atoms with Crippen LogP contribution in [-0.4, -0.2) is 25.0 Å². The summed E-state index contributed by atoms with van der Waals surface area (Å²) >= 11 is 0. The second-order valence-electron chi connectivity index (χ2n) is 5.87. The molecule has 2 aromatic rings. The first-order chi connectivity index (χ1) is 11.7. The van der Waals surface area contributed by atoms with Gasteiger partial charge in [0.15, 0.2) is 11.3 Å². The molecular formula is C19H17NO4. The molecule has 0 bridgehead atoms. The van der Waals surface area contributed by atoms with Crippen LogP contribution in [0.2, 0.25) is 0 Å². The smallest absolute Gasteiger partial charge is 0.314 e. The first-order valence-corrected chi connectivity index (χ1v) is 8.00. The van der Waals surface area contributed by atoms with Gasteiger partial charge in [-0.2, -0.15) is 0 Å². The van der Waals surface area contributed by atoms with Gasteiger partial charge in [-0.3, -0.25) is 14.4 Å². The number of ketones is 1. The van der Waals surface area contributed by atoms with Crippen molar-refractivity contribution < 1.29 is 19.2 Å². The van der Waals surface area contributed by atoms with E-state index in [9.17, 15) is 9.59 Å². The molecule has 0 saturated carbocycles. The highest BCUT2D eigenvalue weighted by atomic mass is 16.7. The third kappa shape index (κ3) is 1.79. The lowest BCUT2D eigenvalue weighted by molar-refractivity contribution is -0.149. The third-order valence-corrected chi connectivity index (χ3v) is 4.69. The average molecular weight is 323 g/mol. The Morgan fingerprint density at radius 2 is 1.92 bits per heavy atom. The van der Waals surface area contributed by atoms with Gasteiger partial charge < -0.3 is 4.74 Å². The Labute approximate surface area is 139 Å². The van der Waals surface area contributed by atoms with Gasteiger partial charge >= 0.3 is 5.97 Å². The number of esters is 1. The molecule has 0 amide bonds. The molecular weight excluding hydrogens is 306 g/mol. The molecule has 1 fully saturated rings. The molecule has 5 nitrogen and oxygen atoms in total. The second-order valence-corrected chi connectivity index (χ2v) is 5.87. The number of benzene rings is 2. The SMILES string of the molecule is CCOC(=O)[C@H]1CON2c3ccccc3C(=O)[C@]12c1ccccc1. The largest absolute Gasteiger partial charge is 0.466 e. The average Bonchev–Trinajstić information content (AvgIpc) is 3.13. The summed E-state index contributed by atoms with van der Waals surface area (Å²) in [5, 5.41) is 1.60. The Bertz CT molecular complexity index is 804. The minimum Gasteiger partial charge on any atom is -0.466 e. The molecule has 0 aromatic heterocycles. The molecule has 24 heavy (non-hydrogen) atoms. The van der Waals surface area contributed by atoms with Crippen molar-refractivity contribution in [2.45, 2.75) is 12.5 Å². The zero-order valence-electron chi connectivity index (χ0n) is 13.3. The Kier molecular flexibility index (Phi) is 3.39. The van der Waals surface area contributed by atoms with E-state index >= 15 is 0 Å². The number of rotatable bonds is 3.